The molecule has 1 amide bonds. The van der Waals surface area contributed by atoms with E-state index in [0.717, 1.165) is 19.3 Å². The summed E-state index contributed by atoms with van der Waals surface area (Å²) < 4.78 is 9.75. The van der Waals surface area contributed by atoms with E-state index in [-0.39, 0.29) is 37.9 Å². The van der Waals surface area contributed by atoms with E-state index in [4.69, 9.17) is 9.47 Å². The van der Waals surface area contributed by atoms with E-state index in [1.807, 2.05) is 6.92 Å². The lowest BCUT2D eigenvalue weighted by molar-refractivity contribution is -0.152. The molecule has 0 saturated heterocycles. The van der Waals surface area contributed by atoms with Crippen molar-refractivity contribution in [2.45, 2.75) is 71.6 Å². The van der Waals surface area contributed by atoms with Crippen LogP contribution in [-0.2, 0) is 23.9 Å². The molecule has 0 aliphatic carbocycles. The Balaban J connectivity index is 3.46. The fourth-order valence-corrected chi connectivity index (χ4v) is 1.92. The van der Waals surface area contributed by atoms with Gasteiger partial charge in [0.2, 0.25) is 5.91 Å². The van der Waals surface area contributed by atoms with Crippen LogP contribution in [0.1, 0.15) is 71.6 Å². The molecule has 134 valence electrons. The van der Waals surface area contributed by atoms with Gasteiger partial charge in [0.1, 0.15) is 13.2 Å². The Labute approximate surface area is 139 Å². The normalized spacial score (nSPS) is 10.2. The smallest absolute Gasteiger partial charge is 0.306 e. The second-order valence-electron chi connectivity index (χ2n) is 5.46. The number of amides is 1. The Morgan fingerprint density at radius 3 is 1.96 bits per heavy atom. The molecule has 0 fully saturated rings. The van der Waals surface area contributed by atoms with Crippen LogP contribution >= 0.6 is 0 Å². The average molecular weight is 329 g/mol. The van der Waals surface area contributed by atoms with Crippen molar-refractivity contribution in [2.24, 2.45) is 0 Å². The number of unbranched alkanes of at least 4 members (excludes halogenated alkanes) is 4. The second-order valence-corrected chi connectivity index (χ2v) is 5.46. The molecule has 1 N–H and O–H groups in total. The summed E-state index contributed by atoms with van der Waals surface area (Å²) in [6, 6.07) is 0. The fraction of sp³-hybridized carbons (Fsp3) is 0.824. The van der Waals surface area contributed by atoms with Crippen molar-refractivity contribution in [2.75, 3.05) is 19.8 Å². The highest BCUT2D eigenvalue weighted by Crippen LogP contribution is 2.01. The Hall–Kier alpha value is -1.59. The molecule has 0 heterocycles. The largest absolute Gasteiger partial charge is 0.462 e. The van der Waals surface area contributed by atoms with Gasteiger partial charge in [-0.25, -0.2) is 0 Å². The lowest BCUT2D eigenvalue weighted by atomic mass is 10.1. The van der Waals surface area contributed by atoms with E-state index in [1.54, 1.807) is 0 Å². The van der Waals surface area contributed by atoms with Crippen LogP contribution in [0.15, 0.2) is 0 Å². The number of ether oxygens (including phenoxy) is 2. The van der Waals surface area contributed by atoms with E-state index < -0.39 is 5.97 Å². The number of nitrogens with one attached hydrogen (secondary N) is 1. The molecule has 0 spiro atoms. The van der Waals surface area contributed by atoms with Crippen molar-refractivity contribution < 1.29 is 23.9 Å². The van der Waals surface area contributed by atoms with Gasteiger partial charge in [0.15, 0.2) is 0 Å². The second kappa shape index (κ2) is 15.3. The van der Waals surface area contributed by atoms with Crippen LogP contribution in [0.3, 0.4) is 0 Å². The Kier molecular flexibility index (Phi) is 14.3. The Morgan fingerprint density at radius 1 is 0.739 bits per heavy atom. The van der Waals surface area contributed by atoms with Crippen LogP contribution in [0, 0.1) is 0 Å². The van der Waals surface area contributed by atoms with Crippen molar-refractivity contribution in [3.63, 3.8) is 0 Å². The molecule has 0 aliphatic rings. The number of carbonyl (C=O) groups excluding carboxylic acids is 3. The third-order valence-corrected chi connectivity index (χ3v) is 3.22. The Bertz CT molecular complexity index is 344. The van der Waals surface area contributed by atoms with Gasteiger partial charge in [0.05, 0.1) is 6.42 Å². The fourth-order valence-electron chi connectivity index (χ4n) is 1.92. The van der Waals surface area contributed by atoms with Gasteiger partial charge in [-0.2, -0.15) is 0 Å². The van der Waals surface area contributed by atoms with E-state index in [1.165, 1.54) is 19.3 Å². The summed E-state index contributed by atoms with van der Waals surface area (Å²) in [5, 5.41) is 2.80. The van der Waals surface area contributed by atoms with Gasteiger partial charge in [-0.1, -0.05) is 39.5 Å². The first-order valence-electron chi connectivity index (χ1n) is 8.68. The minimum atomic E-state index is -0.449. The van der Waals surface area contributed by atoms with E-state index >= 15 is 0 Å². The van der Waals surface area contributed by atoms with Gasteiger partial charge >= 0.3 is 11.9 Å². The molecule has 6 nitrogen and oxygen atoms in total. The highest BCUT2D eigenvalue weighted by atomic mass is 16.6. The van der Waals surface area contributed by atoms with Gasteiger partial charge in [0, 0.05) is 19.4 Å². The number of hydrogen-bond donors (Lipinski definition) is 1. The first-order valence-corrected chi connectivity index (χ1v) is 8.68. The zero-order valence-corrected chi connectivity index (χ0v) is 14.5. The van der Waals surface area contributed by atoms with Crippen LogP contribution in [0.2, 0.25) is 0 Å². The number of hydrogen-bond acceptors (Lipinski definition) is 5. The molecule has 6 heteroatoms. The van der Waals surface area contributed by atoms with Crippen LogP contribution in [-0.4, -0.2) is 37.6 Å². The molecular weight excluding hydrogens is 298 g/mol. The highest BCUT2D eigenvalue weighted by molar-refractivity contribution is 5.81. The molecule has 0 radical (unpaired) electrons. The van der Waals surface area contributed by atoms with Crippen LogP contribution < -0.4 is 5.32 Å². The molecule has 0 aromatic rings. The molecule has 0 saturated carbocycles. The molecule has 0 atom stereocenters. The van der Waals surface area contributed by atoms with E-state index in [2.05, 4.69) is 12.2 Å². The van der Waals surface area contributed by atoms with Crippen molar-refractivity contribution in [3.05, 3.63) is 0 Å². The van der Waals surface area contributed by atoms with Crippen LogP contribution in [0.25, 0.3) is 0 Å². The third-order valence-electron chi connectivity index (χ3n) is 3.22. The summed E-state index contributed by atoms with van der Waals surface area (Å²) in [4.78, 5) is 34.0. The minimum Gasteiger partial charge on any atom is -0.462 e. The average Bonchev–Trinajstić information content (AvgIpc) is 2.53. The zero-order chi connectivity index (χ0) is 17.3. The maximum atomic E-state index is 11.5. The van der Waals surface area contributed by atoms with E-state index in [0.29, 0.717) is 13.0 Å². The molecule has 0 aromatic carbocycles. The third kappa shape index (κ3) is 15.1. The molecule has 0 unspecified atom stereocenters. The molecule has 0 rings (SSSR count). The minimum absolute atomic E-state index is 0.0351. The molecule has 23 heavy (non-hydrogen) atoms. The van der Waals surface area contributed by atoms with Crippen LogP contribution in [0.4, 0.5) is 0 Å². The quantitative estimate of drug-likeness (QED) is 0.391. The summed E-state index contributed by atoms with van der Waals surface area (Å²) in [7, 11) is 0. The molecular formula is C17H31NO5. The monoisotopic (exact) mass is 329 g/mol. The number of esters is 2. The van der Waals surface area contributed by atoms with Crippen molar-refractivity contribution in [1.29, 1.82) is 0 Å². The maximum Gasteiger partial charge on any atom is 0.306 e. The van der Waals surface area contributed by atoms with Gasteiger partial charge < -0.3 is 14.8 Å². The topological polar surface area (TPSA) is 81.7 Å². The Morgan fingerprint density at radius 2 is 1.35 bits per heavy atom. The predicted molar refractivity (Wildman–Crippen MR) is 87.8 cm³/mol. The standard InChI is InChI=1S/C17H31NO5/c1-3-5-6-7-8-12-18-15(19)10-11-17(21)23-14-13-22-16(20)9-4-2/h3-14H2,1-2H3,(H,18,19). The zero-order valence-electron chi connectivity index (χ0n) is 14.5. The SMILES string of the molecule is CCCCCCCNC(=O)CCC(=O)OCCOC(=O)CCC. The summed E-state index contributed by atoms with van der Waals surface area (Å²) >= 11 is 0. The van der Waals surface area contributed by atoms with E-state index in [9.17, 15) is 14.4 Å². The molecule has 0 aromatic heterocycles. The lowest BCUT2D eigenvalue weighted by Gasteiger charge is -2.07. The first kappa shape index (κ1) is 21.4. The molecule has 0 bridgehead atoms. The van der Waals surface area contributed by atoms with Crippen molar-refractivity contribution in [3.8, 4) is 0 Å². The van der Waals surface area contributed by atoms with Gasteiger partial charge in [-0.05, 0) is 12.8 Å². The summed E-state index contributed by atoms with van der Waals surface area (Å²) in [5.74, 6) is -0.872. The predicted octanol–water partition coefficient (Wildman–Crippen LogP) is 2.74. The summed E-state index contributed by atoms with van der Waals surface area (Å²) in [6.07, 6.45) is 6.99. The highest BCUT2D eigenvalue weighted by Gasteiger charge is 2.08. The summed E-state index contributed by atoms with van der Waals surface area (Å²) in [6.45, 7) is 4.81. The van der Waals surface area contributed by atoms with Crippen molar-refractivity contribution >= 4 is 17.8 Å². The van der Waals surface area contributed by atoms with Gasteiger partial charge in [0.25, 0.3) is 0 Å². The summed E-state index contributed by atoms with van der Waals surface area (Å²) in [5.41, 5.74) is 0. The first-order chi connectivity index (χ1) is 11.1. The van der Waals surface area contributed by atoms with Crippen LogP contribution in [0.5, 0.6) is 0 Å². The maximum absolute atomic E-state index is 11.5. The molecule has 0 aliphatic heterocycles. The number of carbonyl (C=O) groups is 3. The van der Waals surface area contributed by atoms with Gasteiger partial charge in [-0.15, -0.1) is 0 Å². The number of rotatable bonds is 14. The lowest BCUT2D eigenvalue weighted by Crippen LogP contribution is -2.25. The van der Waals surface area contributed by atoms with Crippen molar-refractivity contribution in [1.82, 2.24) is 5.32 Å². The van der Waals surface area contributed by atoms with Gasteiger partial charge in [-0.3, -0.25) is 14.4 Å².